The lowest BCUT2D eigenvalue weighted by Crippen LogP contribution is -2.35. The van der Waals surface area contributed by atoms with Crippen molar-refractivity contribution >= 4 is 23.3 Å². The fraction of sp³-hybridized carbons (Fsp3) is 0.286. The van der Waals surface area contributed by atoms with Crippen LogP contribution in [-0.2, 0) is 24.1 Å². The molecule has 0 fully saturated rings. The highest BCUT2D eigenvalue weighted by Crippen LogP contribution is 2.27. The lowest BCUT2D eigenvalue weighted by Gasteiger charge is -2.23. The minimum Gasteiger partial charge on any atom is -0.496 e. The molecule has 34 heavy (non-hydrogen) atoms. The van der Waals surface area contributed by atoms with Gasteiger partial charge in [0.25, 0.3) is 0 Å². The van der Waals surface area contributed by atoms with E-state index in [2.05, 4.69) is 16.7 Å². The number of methoxy groups -OCH3 is 1. The van der Waals surface area contributed by atoms with Crippen molar-refractivity contribution in [1.82, 2.24) is 5.32 Å². The predicted molar refractivity (Wildman–Crippen MR) is 136 cm³/mol. The van der Waals surface area contributed by atoms with E-state index in [0.29, 0.717) is 31.6 Å². The van der Waals surface area contributed by atoms with Crippen LogP contribution in [0.5, 0.6) is 5.75 Å². The summed E-state index contributed by atoms with van der Waals surface area (Å²) in [5, 5.41) is 5.96. The Balaban J connectivity index is 1.28. The summed E-state index contributed by atoms with van der Waals surface area (Å²) in [6.45, 7) is 1.25. The summed E-state index contributed by atoms with van der Waals surface area (Å²) < 4.78 is 5.35. The van der Waals surface area contributed by atoms with Gasteiger partial charge in [0, 0.05) is 24.5 Å². The Labute approximate surface area is 200 Å². The molecule has 4 rings (SSSR count). The first kappa shape index (κ1) is 23.4. The molecule has 0 unspecified atom stereocenters. The highest BCUT2D eigenvalue weighted by Gasteiger charge is 2.20. The number of para-hydroxylation sites is 2. The van der Waals surface area contributed by atoms with Crippen LogP contribution in [0.3, 0.4) is 0 Å². The average Bonchev–Trinajstić information content (AvgIpc) is 3.08. The summed E-state index contributed by atoms with van der Waals surface area (Å²) in [5.74, 6) is 0.797. The van der Waals surface area contributed by atoms with E-state index in [4.69, 9.17) is 4.74 Å². The molecule has 0 saturated heterocycles. The van der Waals surface area contributed by atoms with Gasteiger partial charge in [-0.25, -0.2) is 4.79 Å². The van der Waals surface area contributed by atoms with E-state index in [-0.39, 0.29) is 11.9 Å². The largest absolute Gasteiger partial charge is 0.496 e. The number of benzene rings is 3. The molecule has 3 amide bonds. The molecule has 0 bridgehead atoms. The Morgan fingerprint density at radius 2 is 1.71 bits per heavy atom. The Morgan fingerprint density at radius 3 is 2.53 bits per heavy atom. The normalized spacial score (nSPS) is 12.9. The van der Waals surface area contributed by atoms with Gasteiger partial charge in [0.15, 0.2) is 0 Å². The van der Waals surface area contributed by atoms with Crippen molar-refractivity contribution < 1.29 is 14.3 Å². The number of carbonyl (C=O) groups is 2. The molecular weight excluding hydrogens is 426 g/mol. The summed E-state index contributed by atoms with van der Waals surface area (Å²) in [6.07, 6.45) is 4.05. The molecule has 176 valence electrons. The summed E-state index contributed by atoms with van der Waals surface area (Å²) >= 11 is 0. The van der Waals surface area contributed by atoms with Gasteiger partial charge >= 0.3 is 6.03 Å². The zero-order valence-electron chi connectivity index (χ0n) is 19.5. The van der Waals surface area contributed by atoms with Crippen LogP contribution >= 0.6 is 0 Å². The SMILES string of the molecule is COc1ccccc1CCNC(=O)Cc1ccc(NC(=O)N2CCCCc3ccccc32)cc1. The molecule has 1 aliphatic heterocycles. The molecule has 0 saturated carbocycles. The first-order chi connectivity index (χ1) is 16.6. The molecule has 3 aromatic rings. The van der Waals surface area contributed by atoms with E-state index in [1.165, 1.54) is 5.56 Å². The maximum Gasteiger partial charge on any atom is 0.326 e. The van der Waals surface area contributed by atoms with Gasteiger partial charge in [0.05, 0.1) is 13.5 Å². The second-order valence-electron chi connectivity index (χ2n) is 8.45. The number of aryl methyl sites for hydroxylation is 1. The standard InChI is InChI=1S/C28H31N3O3/c1-34-26-12-5-3-10-23(26)17-18-29-27(32)20-21-13-15-24(16-14-21)30-28(33)31-19-7-6-9-22-8-2-4-11-25(22)31/h2-5,8,10-16H,6-7,9,17-20H2,1H3,(H,29,32)(H,30,33). The van der Waals surface area contributed by atoms with Crippen molar-refractivity contribution in [2.75, 3.05) is 30.4 Å². The lowest BCUT2D eigenvalue weighted by molar-refractivity contribution is -0.120. The van der Waals surface area contributed by atoms with Crippen molar-refractivity contribution in [3.05, 3.63) is 89.5 Å². The third-order valence-corrected chi connectivity index (χ3v) is 6.08. The molecule has 1 heterocycles. The molecule has 6 nitrogen and oxygen atoms in total. The van der Waals surface area contributed by atoms with Gasteiger partial charge in [-0.1, -0.05) is 48.5 Å². The van der Waals surface area contributed by atoms with Gasteiger partial charge in [-0.3, -0.25) is 9.69 Å². The summed E-state index contributed by atoms with van der Waals surface area (Å²) in [6, 6.07) is 23.2. The number of anilines is 2. The fourth-order valence-electron chi connectivity index (χ4n) is 4.29. The van der Waals surface area contributed by atoms with Crippen LogP contribution in [0.15, 0.2) is 72.8 Å². The minimum atomic E-state index is -0.129. The summed E-state index contributed by atoms with van der Waals surface area (Å²) in [4.78, 5) is 27.2. The molecule has 0 aliphatic carbocycles. The molecule has 0 atom stereocenters. The molecule has 3 aromatic carbocycles. The number of hydrogen-bond donors (Lipinski definition) is 2. The summed E-state index contributed by atoms with van der Waals surface area (Å²) in [7, 11) is 1.65. The van der Waals surface area contributed by atoms with Crippen LogP contribution < -0.4 is 20.3 Å². The molecule has 1 aliphatic rings. The van der Waals surface area contributed by atoms with Crippen LogP contribution in [0.4, 0.5) is 16.2 Å². The molecule has 0 radical (unpaired) electrons. The van der Waals surface area contributed by atoms with Gasteiger partial charge in [0.2, 0.25) is 5.91 Å². The number of urea groups is 1. The average molecular weight is 458 g/mol. The third kappa shape index (κ3) is 5.95. The van der Waals surface area contributed by atoms with Crippen LogP contribution in [0.2, 0.25) is 0 Å². The molecule has 2 N–H and O–H groups in total. The Morgan fingerprint density at radius 1 is 0.941 bits per heavy atom. The number of nitrogens with zero attached hydrogens (tertiary/aromatic N) is 1. The first-order valence-electron chi connectivity index (χ1n) is 11.8. The second kappa shape index (κ2) is 11.4. The maximum absolute atomic E-state index is 13.0. The number of hydrogen-bond acceptors (Lipinski definition) is 3. The van der Waals surface area contributed by atoms with Crippen molar-refractivity contribution in [2.45, 2.75) is 32.1 Å². The number of carbonyl (C=O) groups excluding carboxylic acids is 2. The van der Waals surface area contributed by atoms with Crippen LogP contribution in [-0.4, -0.2) is 32.1 Å². The van der Waals surface area contributed by atoms with Gasteiger partial charge in [-0.05, 0) is 66.6 Å². The zero-order chi connectivity index (χ0) is 23.8. The van der Waals surface area contributed by atoms with Crippen LogP contribution in [0.25, 0.3) is 0 Å². The highest BCUT2D eigenvalue weighted by atomic mass is 16.5. The van der Waals surface area contributed by atoms with E-state index in [9.17, 15) is 9.59 Å². The van der Waals surface area contributed by atoms with Crippen molar-refractivity contribution in [3.8, 4) is 5.75 Å². The Bertz CT molecular complexity index is 1130. The number of nitrogens with one attached hydrogen (secondary N) is 2. The van der Waals surface area contributed by atoms with E-state index in [0.717, 1.165) is 41.8 Å². The second-order valence-corrected chi connectivity index (χ2v) is 8.45. The van der Waals surface area contributed by atoms with Gasteiger partial charge in [-0.2, -0.15) is 0 Å². The Hall–Kier alpha value is -3.80. The highest BCUT2D eigenvalue weighted by molar-refractivity contribution is 6.02. The maximum atomic E-state index is 13.0. The molecular formula is C28H31N3O3. The Kier molecular flexibility index (Phi) is 7.81. The lowest BCUT2D eigenvalue weighted by atomic mass is 10.1. The quantitative estimate of drug-likeness (QED) is 0.526. The van der Waals surface area contributed by atoms with Crippen molar-refractivity contribution in [2.24, 2.45) is 0 Å². The predicted octanol–water partition coefficient (Wildman–Crippen LogP) is 4.97. The van der Waals surface area contributed by atoms with E-state index in [1.54, 1.807) is 7.11 Å². The molecule has 0 aromatic heterocycles. The minimum absolute atomic E-state index is 0.0344. The van der Waals surface area contributed by atoms with E-state index >= 15 is 0 Å². The number of fused-ring (bicyclic) bond motifs is 1. The smallest absolute Gasteiger partial charge is 0.326 e. The van der Waals surface area contributed by atoms with Crippen molar-refractivity contribution in [1.29, 1.82) is 0 Å². The molecule has 0 spiro atoms. The van der Waals surface area contributed by atoms with E-state index in [1.807, 2.05) is 71.6 Å². The number of rotatable bonds is 7. The fourth-order valence-corrected chi connectivity index (χ4v) is 4.29. The van der Waals surface area contributed by atoms with Gasteiger partial charge in [0.1, 0.15) is 5.75 Å². The zero-order valence-corrected chi connectivity index (χ0v) is 19.5. The van der Waals surface area contributed by atoms with Gasteiger partial charge < -0.3 is 15.4 Å². The van der Waals surface area contributed by atoms with Crippen LogP contribution in [0, 0.1) is 0 Å². The van der Waals surface area contributed by atoms with E-state index < -0.39 is 0 Å². The topological polar surface area (TPSA) is 70.7 Å². The summed E-state index contributed by atoms with van der Waals surface area (Å²) in [5.41, 5.74) is 4.87. The third-order valence-electron chi connectivity index (χ3n) is 6.08. The number of amides is 3. The van der Waals surface area contributed by atoms with Crippen molar-refractivity contribution in [3.63, 3.8) is 0 Å². The van der Waals surface area contributed by atoms with Crippen LogP contribution in [0.1, 0.15) is 29.5 Å². The first-order valence-corrected chi connectivity index (χ1v) is 11.8. The monoisotopic (exact) mass is 457 g/mol. The number of ether oxygens (including phenoxy) is 1. The molecule has 6 heteroatoms. The van der Waals surface area contributed by atoms with Gasteiger partial charge in [-0.15, -0.1) is 0 Å².